The third kappa shape index (κ3) is 3.00. The van der Waals surface area contributed by atoms with E-state index in [2.05, 4.69) is 12.2 Å². The topological polar surface area (TPSA) is 55.2 Å². The van der Waals surface area contributed by atoms with E-state index in [0.29, 0.717) is 5.41 Å². The highest BCUT2D eigenvalue weighted by atomic mass is 16.6. The van der Waals surface area contributed by atoms with Crippen LogP contribution >= 0.6 is 0 Å². The monoisotopic (exact) mass is 248 g/mol. The summed E-state index contributed by atoms with van der Waals surface area (Å²) in [5.41, 5.74) is 2.28. The first kappa shape index (κ1) is 12.9. The van der Waals surface area contributed by atoms with E-state index in [4.69, 9.17) is 0 Å². The van der Waals surface area contributed by atoms with E-state index in [-0.39, 0.29) is 10.6 Å². The Bertz CT molecular complexity index is 451. The van der Waals surface area contributed by atoms with Gasteiger partial charge in [0.25, 0.3) is 5.69 Å². The Hall–Kier alpha value is -1.58. The lowest BCUT2D eigenvalue weighted by atomic mass is 9.89. The number of nitro benzene ring substituents is 1. The van der Waals surface area contributed by atoms with Gasteiger partial charge in [0, 0.05) is 24.4 Å². The van der Waals surface area contributed by atoms with Crippen LogP contribution in [0.1, 0.15) is 38.2 Å². The van der Waals surface area contributed by atoms with Crippen molar-refractivity contribution in [3.05, 3.63) is 33.9 Å². The molecule has 1 aromatic rings. The van der Waals surface area contributed by atoms with Crippen molar-refractivity contribution in [3.63, 3.8) is 0 Å². The molecule has 1 aliphatic carbocycles. The van der Waals surface area contributed by atoms with E-state index in [0.717, 1.165) is 17.8 Å². The normalized spacial score (nSPS) is 17.7. The fraction of sp³-hybridized carbons (Fsp3) is 0.571. The summed E-state index contributed by atoms with van der Waals surface area (Å²) in [6, 6.07) is 5.18. The number of hydrogen-bond donors (Lipinski definition) is 1. The van der Waals surface area contributed by atoms with Crippen LogP contribution < -0.4 is 5.32 Å². The number of rotatable bonds is 4. The Morgan fingerprint density at radius 1 is 1.33 bits per heavy atom. The lowest BCUT2D eigenvalue weighted by Crippen LogP contribution is -2.22. The molecule has 0 atom stereocenters. The van der Waals surface area contributed by atoms with Crippen LogP contribution in [-0.2, 0) is 0 Å². The molecule has 4 nitrogen and oxygen atoms in total. The van der Waals surface area contributed by atoms with Gasteiger partial charge in [0.15, 0.2) is 0 Å². The SMILES string of the molecule is Cc1cc(NCC2(C)CCCC2)cc([N+](=O)[O-])c1. The average molecular weight is 248 g/mol. The van der Waals surface area contributed by atoms with Crippen molar-refractivity contribution in [1.29, 1.82) is 0 Å². The molecule has 1 N–H and O–H groups in total. The van der Waals surface area contributed by atoms with Crippen LogP contribution in [0.2, 0.25) is 0 Å². The van der Waals surface area contributed by atoms with Crippen LogP contribution in [0.15, 0.2) is 18.2 Å². The van der Waals surface area contributed by atoms with E-state index >= 15 is 0 Å². The molecule has 0 amide bonds. The minimum atomic E-state index is -0.338. The molecule has 4 heteroatoms. The molecule has 0 aliphatic heterocycles. The zero-order valence-corrected chi connectivity index (χ0v) is 11.0. The Balaban J connectivity index is 2.07. The van der Waals surface area contributed by atoms with Crippen LogP contribution in [0.25, 0.3) is 0 Å². The Kier molecular flexibility index (Phi) is 3.55. The lowest BCUT2D eigenvalue weighted by molar-refractivity contribution is -0.384. The van der Waals surface area contributed by atoms with Crippen molar-refractivity contribution >= 4 is 11.4 Å². The van der Waals surface area contributed by atoms with Gasteiger partial charge in [-0.05, 0) is 36.8 Å². The fourth-order valence-corrected chi connectivity index (χ4v) is 2.69. The maximum atomic E-state index is 10.8. The van der Waals surface area contributed by atoms with Crippen molar-refractivity contribution in [1.82, 2.24) is 0 Å². The molecule has 98 valence electrons. The summed E-state index contributed by atoms with van der Waals surface area (Å²) in [7, 11) is 0. The van der Waals surface area contributed by atoms with Gasteiger partial charge in [0.2, 0.25) is 0 Å². The summed E-state index contributed by atoms with van der Waals surface area (Å²) in [6.07, 6.45) is 5.08. The molecule has 0 heterocycles. The number of aryl methyl sites for hydroxylation is 1. The summed E-state index contributed by atoms with van der Waals surface area (Å²) in [5, 5.41) is 14.2. The fourth-order valence-electron chi connectivity index (χ4n) is 2.69. The predicted octanol–water partition coefficient (Wildman–Crippen LogP) is 3.90. The van der Waals surface area contributed by atoms with Crippen LogP contribution in [0.4, 0.5) is 11.4 Å². The largest absolute Gasteiger partial charge is 0.384 e. The maximum Gasteiger partial charge on any atom is 0.271 e. The number of hydrogen-bond acceptors (Lipinski definition) is 3. The van der Waals surface area contributed by atoms with Gasteiger partial charge in [-0.3, -0.25) is 10.1 Å². The van der Waals surface area contributed by atoms with Gasteiger partial charge in [-0.15, -0.1) is 0 Å². The standard InChI is InChI=1S/C14H20N2O2/c1-11-7-12(9-13(8-11)16(17)18)15-10-14(2)5-3-4-6-14/h7-9,15H,3-6,10H2,1-2H3. The lowest BCUT2D eigenvalue weighted by Gasteiger charge is -2.24. The van der Waals surface area contributed by atoms with E-state index in [9.17, 15) is 10.1 Å². The molecule has 1 saturated carbocycles. The number of nitro groups is 1. The first-order chi connectivity index (χ1) is 8.48. The molecule has 0 spiro atoms. The molecule has 0 saturated heterocycles. The zero-order valence-electron chi connectivity index (χ0n) is 11.0. The summed E-state index contributed by atoms with van der Waals surface area (Å²) < 4.78 is 0. The van der Waals surface area contributed by atoms with Crippen molar-refractivity contribution in [2.24, 2.45) is 5.41 Å². The first-order valence-electron chi connectivity index (χ1n) is 6.49. The molecule has 0 radical (unpaired) electrons. The zero-order chi connectivity index (χ0) is 13.2. The van der Waals surface area contributed by atoms with Gasteiger partial charge in [-0.1, -0.05) is 19.8 Å². The van der Waals surface area contributed by atoms with Gasteiger partial charge in [-0.2, -0.15) is 0 Å². The Morgan fingerprint density at radius 3 is 2.61 bits per heavy atom. The molecular formula is C14H20N2O2. The number of non-ortho nitro benzene ring substituents is 1. The number of nitrogens with one attached hydrogen (secondary N) is 1. The quantitative estimate of drug-likeness (QED) is 0.649. The highest BCUT2D eigenvalue weighted by molar-refractivity contribution is 5.53. The summed E-state index contributed by atoms with van der Waals surface area (Å²) >= 11 is 0. The summed E-state index contributed by atoms with van der Waals surface area (Å²) in [6.45, 7) is 5.07. The summed E-state index contributed by atoms with van der Waals surface area (Å²) in [4.78, 5) is 10.5. The molecule has 1 fully saturated rings. The summed E-state index contributed by atoms with van der Waals surface area (Å²) in [5.74, 6) is 0. The van der Waals surface area contributed by atoms with Crippen LogP contribution in [0, 0.1) is 22.5 Å². The van der Waals surface area contributed by atoms with E-state index in [1.165, 1.54) is 25.7 Å². The van der Waals surface area contributed by atoms with E-state index in [1.54, 1.807) is 12.1 Å². The maximum absolute atomic E-state index is 10.8. The Labute approximate surface area is 108 Å². The molecule has 0 aromatic heterocycles. The molecular weight excluding hydrogens is 228 g/mol. The third-order valence-corrected chi connectivity index (χ3v) is 3.80. The number of anilines is 1. The van der Waals surface area contributed by atoms with Gasteiger partial charge in [0.05, 0.1) is 4.92 Å². The van der Waals surface area contributed by atoms with Crippen molar-refractivity contribution in [2.75, 3.05) is 11.9 Å². The third-order valence-electron chi connectivity index (χ3n) is 3.80. The first-order valence-corrected chi connectivity index (χ1v) is 6.49. The van der Waals surface area contributed by atoms with Crippen LogP contribution in [-0.4, -0.2) is 11.5 Å². The minimum Gasteiger partial charge on any atom is -0.384 e. The molecule has 2 rings (SSSR count). The van der Waals surface area contributed by atoms with Gasteiger partial charge < -0.3 is 5.32 Å². The van der Waals surface area contributed by atoms with Gasteiger partial charge in [0.1, 0.15) is 0 Å². The Morgan fingerprint density at radius 2 is 2.00 bits per heavy atom. The van der Waals surface area contributed by atoms with Crippen molar-refractivity contribution in [3.8, 4) is 0 Å². The highest BCUT2D eigenvalue weighted by Crippen LogP contribution is 2.37. The van der Waals surface area contributed by atoms with Crippen molar-refractivity contribution < 1.29 is 4.92 Å². The van der Waals surface area contributed by atoms with E-state index in [1.807, 2.05) is 13.0 Å². The molecule has 1 aliphatic rings. The average Bonchev–Trinajstić information content (AvgIpc) is 2.73. The van der Waals surface area contributed by atoms with Gasteiger partial charge >= 0.3 is 0 Å². The van der Waals surface area contributed by atoms with Crippen molar-refractivity contribution in [2.45, 2.75) is 39.5 Å². The second-order valence-electron chi connectivity index (χ2n) is 5.69. The second-order valence-corrected chi connectivity index (χ2v) is 5.69. The smallest absolute Gasteiger partial charge is 0.271 e. The predicted molar refractivity (Wildman–Crippen MR) is 72.9 cm³/mol. The number of nitrogens with zero attached hydrogens (tertiary/aromatic N) is 1. The number of benzene rings is 1. The highest BCUT2D eigenvalue weighted by Gasteiger charge is 2.28. The minimum absolute atomic E-state index is 0.161. The second kappa shape index (κ2) is 4.96. The van der Waals surface area contributed by atoms with Crippen LogP contribution in [0.3, 0.4) is 0 Å². The molecule has 0 bridgehead atoms. The molecule has 18 heavy (non-hydrogen) atoms. The van der Waals surface area contributed by atoms with Gasteiger partial charge in [-0.25, -0.2) is 0 Å². The molecule has 0 unspecified atom stereocenters. The molecule has 1 aromatic carbocycles. The van der Waals surface area contributed by atoms with Crippen LogP contribution in [0.5, 0.6) is 0 Å². The van der Waals surface area contributed by atoms with E-state index < -0.39 is 0 Å².